The number of rotatable bonds is 20. The maximum Gasteiger partial charge on any atom is 0.326 e. The molecule has 0 aliphatic heterocycles. The van der Waals surface area contributed by atoms with Gasteiger partial charge in [0, 0.05) is 0 Å². The van der Waals surface area contributed by atoms with Crippen LogP contribution >= 0.6 is 0 Å². The van der Waals surface area contributed by atoms with E-state index in [1.165, 1.54) is 0 Å². The van der Waals surface area contributed by atoms with Crippen molar-refractivity contribution >= 4 is 41.5 Å². The van der Waals surface area contributed by atoms with Crippen LogP contribution in [0.15, 0.2) is 0 Å². The minimum Gasteiger partial charge on any atom is -0.481 e. The summed E-state index contributed by atoms with van der Waals surface area (Å²) < 4.78 is 0. The average molecular weight is 589 g/mol. The number of hydrogen-bond donors (Lipinski definition) is 9. The van der Waals surface area contributed by atoms with Crippen molar-refractivity contribution < 1.29 is 48.9 Å². The maximum atomic E-state index is 13.1. The largest absolute Gasteiger partial charge is 0.481 e. The second-order valence-electron chi connectivity index (χ2n) is 10.1. The van der Waals surface area contributed by atoms with Crippen molar-refractivity contribution in [2.24, 2.45) is 23.3 Å². The first kappa shape index (κ1) is 37.2. The highest BCUT2D eigenvalue weighted by molar-refractivity contribution is 5.97. The summed E-state index contributed by atoms with van der Waals surface area (Å²) in [5.74, 6) is -8.96. The van der Waals surface area contributed by atoms with Crippen LogP contribution in [0.5, 0.6) is 0 Å². The first-order valence-corrected chi connectivity index (χ1v) is 13.4. The second-order valence-corrected chi connectivity index (χ2v) is 10.1. The summed E-state index contributed by atoms with van der Waals surface area (Å²) in [6.45, 7) is 7.10. The molecule has 234 valence electrons. The summed E-state index contributed by atoms with van der Waals surface area (Å²) >= 11 is 0. The molecule has 0 aliphatic rings. The molecule has 0 aliphatic carbocycles. The van der Waals surface area contributed by atoms with Crippen LogP contribution in [0.2, 0.25) is 0 Å². The molecule has 41 heavy (non-hydrogen) atoms. The van der Waals surface area contributed by atoms with Crippen LogP contribution in [-0.4, -0.2) is 93.6 Å². The van der Waals surface area contributed by atoms with E-state index >= 15 is 0 Å². The van der Waals surface area contributed by atoms with Crippen molar-refractivity contribution in [2.45, 2.75) is 96.4 Å². The summed E-state index contributed by atoms with van der Waals surface area (Å²) in [6, 6.07) is -7.09. The van der Waals surface area contributed by atoms with Gasteiger partial charge >= 0.3 is 17.9 Å². The van der Waals surface area contributed by atoms with Crippen molar-refractivity contribution in [1.82, 2.24) is 21.3 Å². The zero-order valence-corrected chi connectivity index (χ0v) is 23.8. The van der Waals surface area contributed by atoms with Crippen molar-refractivity contribution in [3.63, 3.8) is 0 Å². The fourth-order valence-corrected chi connectivity index (χ4v) is 3.58. The van der Waals surface area contributed by atoms with Gasteiger partial charge in [0.15, 0.2) is 0 Å². The van der Waals surface area contributed by atoms with E-state index in [1.54, 1.807) is 27.7 Å². The summed E-state index contributed by atoms with van der Waals surface area (Å²) in [6.07, 6.45) is -0.657. The lowest BCUT2D eigenvalue weighted by molar-refractivity contribution is -0.145. The highest BCUT2D eigenvalue weighted by Crippen LogP contribution is 2.11. The molecule has 0 bridgehead atoms. The number of carboxylic acids is 3. The normalized spacial score (nSPS) is 15.4. The Morgan fingerprint density at radius 1 is 0.683 bits per heavy atom. The van der Waals surface area contributed by atoms with Crippen molar-refractivity contribution in [3.8, 4) is 0 Å². The molecule has 0 radical (unpaired) electrons. The van der Waals surface area contributed by atoms with Gasteiger partial charge in [0.05, 0.1) is 18.9 Å². The van der Waals surface area contributed by atoms with Gasteiger partial charge in [-0.25, -0.2) is 4.79 Å². The van der Waals surface area contributed by atoms with Crippen LogP contribution < -0.4 is 32.7 Å². The number of carbonyl (C=O) groups excluding carboxylic acids is 4. The van der Waals surface area contributed by atoms with E-state index in [0.717, 1.165) is 0 Å². The molecule has 0 unspecified atom stereocenters. The Hall–Kier alpha value is -3.79. The second kappa shape index (κ2) is 18.5. The molecule has 4 amide bonds. The maximum absolute atomic E-state index is 13.1. The number of carbonyl (C=O) groups is 7. The summed E-state index contributed by atoms with van der Waals surface area (Å²) in [5.41, 5.74) is 11.3. The molecule has 0 heterocycles. The van der Waals surface area contributed by atoms with Gasteiger partial charge in [0.25, 0.3) is 0 Å². The Labute approximate surface area is 238 Å². The van der Waals surface area contributed by atoms with Crippen LogP contribution in [0.1, 0.15) is 66.2 Å². The van der Waals surface area contributed by atoms with Crippen LogP contribution in [0.4, 0.5) is 0 Å². The smallest absolute Gasteiger partial charge is 0.326 e. The van der Waals surface area contributed by atoms with Crippen molar-refractivity contribution in [1.29, 1.82) is 0 Å². The molecule has 6 atom stereocenters. The third-order valence-electron chi connectivity index (χ3n) is 6.40. The van der Waals surface area contributed by atoms with E-state index in [4.69, 9.17) is 11.5 Å². The summed E-state index contributed by atoms with van der Waals surface area (Å²) in [5, 5.41) is 37.0. The van der Waals surface area contributed by atoms with E-state index < -0.39 is 90.5 Å². The molecule has 11 N–H and O–H groups in total. The number of hydrogen-bond acceptors (Lipinski definition) is 9. The van der Waals surface area contributed by atoms with E-state index in [9.17, 15) is 48.9 Å². The fourth-order valence-electron chi connectivity index (χ4n) is 3.58. The van der Waals surface area contributed by atoms with Crippen LogP contribution in [0.3, 0.4) is 0 Å². The van der Waals surface area contributed by atoms with E-state index in [0.29, 0.717) is 25.8 Å². The van der Waals surface area contributed by atoms with Crippen molar-refractivity contribution in [3.05, 3.63) is 0 Å². The predicted octanol–water partition coefficient (Wildman–Crippen LogP) is -1.88. The molecule has 0 aromatic rings. The number of nitrogens with two attached hydrogens (primary N) is 2. The van der Waals surface area contributed by atoms with Crippen LogP contribution in [-0.2, 0) is 33.6 Å². The van der Waals surface area contributed by atoms with Gasteiger partial charge in [-0.3, -0.25) is 28.8 Å². The Balaban J connectivity index is 5.89. The lowest BCUT2D eigenvalue weighted by Crippen LogP contribution is -2.60. The van der Waals surface area contributed by atoms with Gasteiger partial charge in [-0.05, 0) is 37.6 Å². The van der Waals surface area contributed by atoms with Crippen LogP contribution in [0.25, 0.3) is 0 Å². The SMILES string of the molecule is CC[C@H](C)[C@H](NC(=O)[C@@H](N)C(C)C)C(=O)N[C@@H](CC(=O)O)C(=O)N[C@@H](CC(=O)O)C(=O)N[C@@H](CCCCN)C(=O)O. The summed E-state index contributed by atoms with van der Waals surface area (Å²) in [7, 11) is 0. The van der Waals surface area contributed by atoms with E-state index in [1.807, 2.05) is 0 Å². The molecule has 0 aromatic carbocycles. The first-order chi connectivity index (χ1) is 19.0. The molecular weight excluding hydrogens is 544 g/mol. The molecule has 16 nitrogen and oxygen atoms in total. The highest BCUT2D eigenvalue weighted by Gasteiger charge is 2.35. The number of amides is 4. The minimum absolute atomic E-state index is 0.00705. The predicted molar refractivity (Wildman–Crippen MR) is 145 cm³/mol. The Kier molecular flexibility index (Phi) is 16.8. The van der Waals surface area contributed by atoms with E-state index in [-0.39, 0.29) is 12.3 Å². The lowest BCUT2D eigenvalue weighted by atomic mass is 9.96. The third-order valence-corrected chi connectivity index (χ3v) is 6.40. The number of carboxylic acid groups (broad SMARTS) is 3. The average Bonchev–Trinajstić information content (AvgIpc) is 2.88. The molecule has 0 spiro atoms. The van der Waals surface area contributed by atoms with Gasteiger partial charge < -0.3 is 48.1 Å². The molecule has 0 fully saturated rings. The molecule has 16 heteroatoms. The Morgan fingerprint density at radius 2 is 1.15 bits per heavy atom. The molecule has 0 aromatic heterocycles. The van der Waals surface area contributed by atoms with Gasteiger partial charge in [0.1, 0.15) is 24.2 Å². The van der Waals surface area contributed by atoms with E-state index in [2.05, 4.69) is 21.3 Å². The molecule has 0 saturated heterocycles. The molecule has 0 rings (SSSR count). The summed E-state index contributed by atoms with van der Waals surface area (Å²) in [4.78, 5) is 85.8. The van der Waals surface area contributed by atoms with Crippen molar-refractivity contribution in [2.75, 3.05) is 6.54 Å². The third kappa shape index (κ3) is 13.9. The number of nitrogens with one attached hydrogen (secondary N) is 4. The zero-order valence-electron chi connectivity index (χ0n) is 23.8. The number of aliphatic carboxylic acids is 3. The van der Waals surface area contributed by atoms with Crippen LogP contribution in [0, 0.1) is 11.8 Å². The van der Waals surface area contributed by atoms with Gasteiger partial charge in [0.2, 0.25) is 23.6 Å². The highest BCUT2D eigenvalue weighted by atomic mass is 16.4. The number of unbranched alkanes of at least 4 members (excludes halogenated alkanes) is 1. The standard InChI is InChI=1S/C25H44N6O10/c1-5-13(4)20(31-23(38)19(27)12(2)3)24(39)30-16(11-18(34)35)22(37)29-15(10-17(32)33)21(36)28-14(25(40)41)8-6-7-9-26/h12-16,19-20H,5-11,26-27H2,1-4H3,(H,28,36)(H,29,37)(H,30,39)(H,31,38)(H,32,33)(H,34,35)(H,40,41)/t13-,14-,15-,16-,19-,20-/m0/s1. The fraction of sp³-hybridized carbons (Fsp3) is 0.720. The molecular formula is C25H44N6O10. The zero-order chi connectivity index (χ0) is 31.9. The van der Waals surface area contributed by atoms with Gasteiger partial charge in [-0.15, -0.1) is 0 Å². The van der Waals surface area contributed by atoms with Gasteiger partial charge in [-0.1, -0.05) is 34.1 Å². The first-order valence-electron chi connectivity index (χ1n) is 13.4. The molecule has 0 saturated carbocycles. The van der Waals surface area contributed by atoms with Gasteiger partial charge in [-0.2, -0.15) is 0 Å². The lowest BCUT2D eigenvalue weighted by Gasteiger charge is -2.28. The topological polar surface area (TPSA) is 280 Å². The minimum atomic E-state index is -1.79. The quantitative estimate of drug-likeness (QED) is 0.0706. The Morgan fingerprint density at radius 3 is 1.54 bits per heavy atom. The Bertz CT molecular complexity index is 944. The monoisotopic (exact) mass is 588 g/mol.